The number of ether oxygens (including phenoxy) is 1. The topological polar surface area (TPSA) is 116 Å². The van der Waals surface area contributed by atoms with Crippen LogP contribution in [0.25, 0.3) is 5.76 Å². The van der Waals surface area contributed by atoms with Gasteiger partial charge in [-0.05, 0) is 45.6 Å². The lowest BCUT2D eigenvalue weighted by atomic mass is 9.97. The molecule has 2 aromatic rings. The molecule has 0 bridgehead atoms. The number of hydrogen-bond acceptors (Lipinski definition) is 7. The average molecular weight is 415 g/mol. The third-order valence-corrected chi connectivity index (χ3v) is 5.20. The van der Waals surface area contributed by atoms with Gasteiger partial charge in [0, 0.05) is 24.3 Å². The third-order valence-electron chi connectivity index (χ3n) is 5.20. The van der Waals surface area contributed by atoms with E-state index in [1.807, 2.05) is 19.0 Å². The molecule has 1 atom stereocenters. The number of aliphatic hydroxyl groups is 1. The molecule has 0 spiro atoms. The number of aromatic amines is 1. The first-order chi connectivity index (χ1) is 14.2. The minimum atomic E-state index is -0.866. The molecule has 9 nitrogen and oxygen atoms in total. The molecular formula is C21H25N3O6. The highest BCUT2D eigenvalue weighted by Gasteiger charge is 2.47. The van der Waals surface area contributed by atoms with Crippen LogP contribution in [0.4, 0.5) is 0 Å². The van der Waals surface area contributed by atoms with E-state index in [1.165, 1.54) is 18.3 Å². The van der Waals surface area contributed by atoms with Crippen LogP contribution in [0.3, 0.4) is 0 Å². The first kappa shape index (κ1) is 21.4. The molecule has 2 N–H and O–H groups in total. The Hall–Kier alpha value is -3.33. The van der Waals surface area contributed by atoms with Crippen LogP contribution in [0.15, 0.2) is 28.4 Å². The van der Waals surface area contributed by atoms with E-state index in [-0.39, 0.29) is 29.1 Å². The van der Waals surface area contributed by atoms with Gasteiger partial charge in [-0.25, -0.2) is 4.79 Å². The van der Waals surface area contributed by atoms with Gasteiger partial charge in [-0.3, -0.25) is 9.59 Å². The van der Waals surface area contributed by atoms with Crippen LogP contribution in [0, 0.1) is 13.8 Å². The summed E-state index contributed by atoms with van der Waals surface area (Å²) in [6.07, 6.45) is 1.45. The molecule has 0 aromatic carbocycles. The molecule has 3 rings (SSSR count). The van der Waals surface area contributed by atoms with Gasteiger partial charge >= 0.3 is 5.97 Å². The summed E-state index contributed by atoms with van der Waals surface area (Å²) in [5.74, 6) is -2.09. The summed E-state index contributed by atoms with van der Waals surface area (Å²) >= 11 is 0. The van der Waals surface area contributed by atoms with Crippen LogP contribution in [-0.4, -0.2) is 71.8 Å². The summed E-state index contributed by atoms with van der Waals surface area (Å²) in [7, 11) is 4.98. The number of likely N-dealkylation sites (tertiary alicyclic amines) is 1. The quantitative estimate of drug-likeness (QED) is 0.321. The molecule has 160 valence electrons. The number of aliphatic hydroxyl groups excluding tert-OH is 1. The predicted octanol–water partition coefficient (Wildman–Crippen LogP) is 1.99. The van der Waals surface area contributed by atoms with E-state index in [0.29, 0.717) is 23.6 Å². The summed E-state index contributed by atoms with van der Waals surface area (Å²) in [5, 5.41) is 11.2. The zero-order valence-corrected chi connectivity index (χ0v) is 17.6. The molecular weight excluding hydrogens is 390 g/mol. The van der Waals surface area contributed by atoms with Gasteiger partial charge in [0.15, 0.2) is 0 Å². The van der Waals surface area contributed by atoms with Crippen molar-refractivity contribution in [1.82, 2.24) is 14.8 Å². The minimum Gasteiger partial charge on any atom is -0.507 e. The van der Waals surface area contributed by atoms with E-state index in [1.54, 1.807) is 26.0 Å². The van der Waals surface area contributed by atoms with Gasteiger partial charge < -0.3 is 29.0 Å². The maximum absolute atomic E-state index is 12.9. The van der Waals surface area contributed by atoms with E-state index in [9.17, 15) is 19.5 Å². The second-order valence-electron chi connectivity index (χ2n) is 7.43. The van der Waals surface area contributed by atoms with Gasteiger partial charge in [-0.2, -0.15) is 0 Å². The number of rotatable bonds is 6. The highest BCUT2D eigenvalue weighted by atomic mass is 16.5. The van der Waals surface area contributed by atoms with Crippen molar-refractivity contribution < 1.29 is 28.6 Å². The molecule has 1 aliphatic heterocycles. The fraction of sp³-hybridized carbons (Fsp3) is 0.381. The highest BCUT2D eigenvalue weighted by Crippen LogP contribution is 2.40. The molecule has 1 fully saturated rings. The number of aryl methyl sites for hydroxylation is 1. The number of Topliss-reactive ketones (excluding diaryl/α,β-unsaturated/α-hetero) is 1. The zero-order valence-electron chi connectivity index (χ0n) is 17.6. The van der Waals surface area contributed by atoms with Gasteiger partial charge in [0.2, 0.25) is 0 Å². The monoisotopic (exact) mass is 415 g/mol. The number of amides is 1. The molecule has 1 unspecified atom stereocenters. The molecule has 1 saturated heterocycles. The number of ketones is 1. The van der Waals surface area contributed by atoms with Crippen molar-refractivity contribution >= 4 is 23.4 Å². The largest absolute Gasteiger partial charge is 0.507 e. The van der Waals surface area contributed by atoms with Gasteiger partial charge in [0.25, 0.3) is 11.7 Å². The smallest absolute Gasteiger partial charge is 0.354 e. The molecule has 1 amide bonds. The number of aromatic nitrogens is 1. The Kier molecular flexibility index (Phi) is 5.84. The molecule has 30 heavy (non-hydrogen) atoms. The second-order valence-corrected chi connectivity index (χ2v) is 7.43. The lowest BCUT2D eigenvalue weighted by Gasteiger charge is -2.24. The van der Waals surface area contributed by atoms with E-state index < -0.39 is 23.7 Å². The number of carbonyl (C=O) groups excluding carboxylic acids is 3. The number of nitrogens with one attached hydrogen (secondary N) is 1. The lowest BCUT2D eigenvalue weighted by Crippen LogP contribution is -2.35. The van der Waals surface area contributed by atoms with Crippen molar-refractivity contribution in [1.29, 1.82) is 0 Å². The number of nitrogens with zero attached hydrogens (tertiary/aromatic N) is 2. The number of H-pyrrole nitrogens is 1. The van der Waals surface area contributed by atoms with Crippen molar-refractivity contribution in [3.05, 3.63) is 52.2 Å². The number of esters is 1. The predicted molar refractivity (Wildman–Crippen MR) is 108 cm³/mol. The summed E-state index contributed by atoms with van der Waals surface area (Å²) in [4.78, 5) is 43.9. The van der Waals surface area contributed by atoms with Crippen molar-refractivity contribution in [2.24, 2.45) is 0 Å². The summed E-state index contributed by atoms with van der Waals surface area (Å²) in [6, 6.07) is 2.45. The van der Waals surface area contributed by atoms with Crippen molar-refractivity contribution in [2.45, 2.75) is 19.9 Å². The van der Waals surface area contributed by atoms with Crippen LogP contribution in [0.2, 0.25) is 0 Å². The van der Waals surface area contributed by atoms with Crippen LogP contribution in [0.5, 0.6) is 0 Å². The third kappa shape index (κ3) is 3.52. The Morgan fingerprint density at radius 3 is 2.60 bits per heavy atom. The minimum absolute atomic E-state index is 0.0738. The zero-order chi connectivity index (χ0) is 22.2. The lowest BCUT2D eigenvalue weighted by molar-refractivity contribution is -0.140. The average Bonchev–Trinajstić information content (AvgIpc) is 3.38. The Morgan fingerprint density at radius 1 is 1.33 bits per heavy atom. The SMILES string of the molecule is COC(=O)c1[nH]c(C)c(/C(O)=C2/C(=O)C(=O)N(CCN(C)C)C2c2ccco2)c1C. The Labute approximate surface area is 173 Å². The first-order valence-electron chi connectivity index (χ1n) is 9.43. The second kappa shape index (κ2) is 8.19. The van der Waals surface area contributed by atoms with Crippen LogP contribution < -0.4 is 0 Å². The van der Waals surface area contributed by atoms with E-state index >= 15 is 0 Å². The number of carbonyl (C=O) groups is 3. The van der Waals surface area contributed by atoms with Crippen molar-refractivity contribution in [2.75, 3.05) is 34.3 Å². The first-order valence-corrected chi connectivity index (χ1v) is 9.43. The summed E-state index contributed by atoms with van der Waals surface area (Å²) in [6.45, 7) is 4.10. The summed E-state index contributed by atoms with van der Waals surface area (Å²) in [5.41, 5.74) is 1.29. The van der Waals surface area contributed by atoms with Crippen LogP contribution >= 0.6 is 0 Å². The molecule has 0 radical (unpaired) electrons. The van der Waals surface area contributed by atoms with Gasteiger partial charge in [0.1, 0.15) is 23.3 Å². The number of methoxy groups -OCH3 is 1. The van der Waals surface area contributed by atoms with Gasteiger partial charge in [0.05, 0.1) is 18.9 Å². The van der Waals surface area contributed by atoms with E-state index in [0.717, 1.165) is 0 Å². The molecule has 9 heteroatoms. The number of furan rings is 1. The molecule has 0 saturated carbocycles. The number of hydrogen-bond donors (Lipinski definition) is 2. The molecule has 3 heterocycles. The maximum atomic E-state index is 12.9. The highest BCUT2D eigenvalue weighted by molar-refractivity contribution is 6.46. The van der Waals surface area contributed by atoms with Crippen molar-refractivity contribution in [3.8, 4) is 0 Å². The Morgan fingerprint density at radius 2 is 2.03 bits per heavy atom. The Balaban J connectivity index is 2.18. The van der Waals surface area contributed by atoms with E-state index in [4.69, 9.17) is 9.15 Å². The summed E-state index contributed by atoms with van der Waals surface area (Å²) < 4.78 is 10.3. The van der Waals surface area contributed by atoms with Gasteiger partial charge in [-0.15, -0.1) is 0 Å². The van der Waals surface area contributed by atoms with E-state index in [2.05, 4.69) is 4.98 Å². The Bertz CT molecular complexity index is 1020. The van der Waals surface area contributed by atoms with Crippen LogP contribution in [0.1, 0.15) is 39.1 Å². The van der Waals surface area contributed by atoms with Gasteiger partial charge in [-0.1, -0.05) is 0 Å². The molecule has 0 aliphatic carbocycles. The normalized spacial score (nSPS) is 18.5. The fourth-order valence-electron chi connectivity index (χ4n) is 3.71. The fourth-order valence-corrected chi connectivity index (χ4v) is 3.71. The van der Waals surface area contributed by atoms with Crippen molar-refractivity contribution in [3.63, 3.8) is 0 Å². The molecule has 1 aliphatic rings. The maximum Gasteiger partial charge on any atom is 0.354 e. The number of likely N-dealkylation sites (N-methyl/N-ethyl adjacent to an activating group) is 1. The standard InChI is InChI=1S/C21H25N3O6/c1-11-14(12(2)22-16(11)21(28)29-5)18(25)15-17(13-7-6-10-30-13)24(9-8-23(3)4)20(27)19(15)26/h6-7,10,17,22,25H,8-9H2,1-5H3/b18-15-. The molecule has 2 aromatic heterocycles. The van der Waals surface area contributed by atoms with Crippen LogP contribution in [-0.2, 0) is 14.3 Å².